The highest BCUT2D eigenvalue weighted by Gasteiger charge is 2.02. The van der Waals surface area contributed by atoms with Gasteiger partial charge in [-0.05, 0) is 20.3 Å². The van der Waals surface area contributed by atoms with Crippen LogP contribution in [0.25, 0.3) is 0 Å². The van der Waals surface area contributed by atoms with Crippen molar-refractivity contribution in [1.29, 1.82) is 0 Å². The molecule has 1 rings (SSSR count). The molecule has 0 unspecified atom stereocenters. The van der Waals surface area contributed by atoms with Gasteiger partial charge in [0.1, 0.15) is 12.9 Å². The summed E-state index contributed by atoms with van der Waals surface area (Å²) in [5.74, 6) is 1.77. The SMILES string of the molecule is CCCCCCCCCCNC(=NCc1nncn1CC)NCC.I. The number of guanidine groups is 1. The summed E-state index contributed by atoms with van der Waals surface area (Å²) in [6.45, 7) is 9.71. The normalized spacial score (nSPS) is 11.2. The molecule has 1 heterocycles. The molecule has 1 aromatic rings. The molecule has 0 spiro atoms. The lowest BCUT2D eigenvalue weighted by atomic mass is 10.1. The van der Waals surface area contributed by atoms with E-state index in [1.807, 2.05) is 4.57 Å². The minimum absolute atomic E-state index is 0. The molecule has 0 aromatic carbocycles. The van der Waals surface area contributed by atoms with Crippen LogP contribution in [-0.2, 0) is 13.1 Å². The van der Waals surface area contributed by atoms with Gasteiger partial charge in [-0.15, -0.1) is 34.2 Å². The average molecular weight is 464 g/mol. The molecule has 0 amide bonds. The molecule has 0 atom stereocenters. The van der Waals surface area contributed by atoms with E-state index in [4.69, 9.17) is 0 Å². The number of aromatic nitrogens is 3. The van der Waals surface area contributed by atoms with Crippen LogP contribution in [0.3, 0.4) is 0 Å². The number of nitrogens with zero attached hydrogens (tertiary/aromatic N) is 4. The predicted octanol–water partition coefficient (Wildman–Crippen LogP) is 4.11. The maximum atomic E-state index is 4.60. The Kier molecular flexibility index (Phi) is 16.0. The fourth-order valence-corrected chi connectivity index (χ4v) is 2.62. The zero-order valence-corrected chi connectivity index (χ0v) is 18.6. The summed E-state index contributed by atoms with van der Waals surface area (Å²) in [4.78, 5) is 4.60. The molecule has 1 aromatic heterocycles. The third-order valence-electron chi connectivity index (χ3n) is 4.08. The summed E-state index contributed by atoms with van der Waals surface area (Å²) < 4.78 is 2.02. The largest absolute Gasteiger partial charge is 0.357 e. The van der Waals surface area contributed by atoms with Gasteiger partial charge in [0.05, 0.1) is 0 Å². The van der Waals surface area contributed by atoms with Crippen LogP contribution in [-0.4, -0.2) is 33.8 Å². The predicted molar refractivity (Wildman–Crippen MR) is 117 cm³/mol. The third kappa shape index (κ3) is 11.4. The number of halogens is 1. The van der Waals surface area contributed by atoms with Gasteiger partial charge in [0, 0.05) is 19.6 Å². The highest BCUT2D eigenvalue weighted by atomic mass is 127. The maximum absolute atomic E-state index is 4.60. The Morgan fingerprint density at radius 2 is 1.68 bits per heavy atom. The summed E-state index contributed by atoms with van der Waals surface area (Å²) in [5, 5.41) is 14.8. The van der Waals surface area contributed by atoms with Crippen LogP contribution in [0, 0.1) is 0 Å². The zero-order chi connectivity index (χ0) is 17.5. The van der Waals surface area contributed by atoms with Crippen molar-refractivity contribution >= 4 is 29.9 Å². The lowest BCUT2D eigenvalue weighted by molar-refractivity contribution is 0.571. The van der Waals surface area contributed by atoms with E-state index in [1.54, 1.807) is 6.33 Å². The molecule has 2 N–H and O–H groups in total. The van der Waals surface area contributed by atoms with Gasteiger partial charge in [0.25, 0.3) is 0 Å². The second-order valence-electron chi connectivity index (χ2n) is 6.13. The molecule has 0 aliphatic heterocycles. The minimum atomic E-state index is 0. The number of unbranched alkanes of at least 4 members (excludes halogenated alkanes) is 7. The number of aryl methyl sites for hydroxylation is 1. The molecular formula is C18H37IN6. The molecule has 0 aliphatic rings. The summed E-state index contributed by atoms with van der Waals surface area (Å²) >= 11 is 0. The van der Waals surface area contributed by atoms with E-state index in [9.17, 15) is 0 Å². The lowest BCUT2D eigenvalue weighted by Gasteiger charge is -2.11. The average Bonchev–Trinajstić information content (AvgIpc) is 3.05. The number of hydrogen-bond donors (Lipinski definition) is 2. The van der Waals surface area contributed by atoms with E-state index >= 15 is 0 Å². The van der Waals surface area contributed by atoms with E-state index in [0.717, 1.165) is 31.4 Å². The Morgan fingerprint density at radius 1 is 1.00 bits per heavy atom. The highest BCUT2D eigenvalue weighted by molar-refractivity contribution is 14.0. The van der Waals surface area contributed by atoms with Gasteiger partial charge in [-0.3, -0.25) is 0 Å². The van der Waals surface area contributed by atoms with Crippen molar-refractivity contribution < 1.29 is 0 Å². The Morgan fingerprint density at radius 3 is 2.32 bits per heavy atom. The summed E-state index contributed by atoms with van der Waals surface area (Å²) in [6.07, 6.45) is 12.5. The Balaban J connectivity index is 0.00000576. The summed E-state index contributed by atoms with van der Waals surface area (Å²) in [7, 11) is 0. The van der Waals surface area contributed by atoms with Crippen molar-refractivity contribution in [2.24, 2.45) is 4.99 Å². The van der Waals surface area contributed by atoms with Crippen molar-refractivity contribution in [3.8, 4) is 0 Å². The van der Waals surface area contributed by atoms with E-state index in [2.05, 4.69) is 46.6 Å². The fourth-order valence-electron chi connectivity index (χ4n) is 2.62. The number of aliphatic imine (C=N–C) groups is 1. The maximum Gasteiger partial charge on any atom is 0.191 e. The topological polar surface area (TPSA) is 67.1 Å². The molecule has 0 saturated heterocycles. The molecule has 25 heavy (non-hydrogen) atoms. The highest BCUT2D eigenvalue weighted by Crippen LogP contribution is 2.07. The van der Waals surface area contributed by atoms with Gasteiger partial charge < -0.3 is 15.2 Å². The summed E-state index contributed by atoms with van der Waals surface area (Å²) in [6, 6.07) is 0. The van der Waals surface area contributed by atoms with Crippen molar-refractivity contribution in [3.05, 3.63) is 12.2 Å². The van der Waals surface area contributed by atoms with E-state index in [0.29, 0.717) is 6.54 Å². The van der Waals surface area contributed by atoms with Crippen molar-refractivity contribution in [3.63, 3.8) is 0 Å². The van der Waals surface area contributed by atoms with Crippen LogP contribution in [0.2, 0.25) is 0 Å². The van der Waals surface area contributed by atoms with Crippen LogP contribution >= 0.6 is 24.0 Å². The standard InChI is InChI=1S/C18H36N6.HI/c1-4-7-8-9-10-11-12-13-14-20-18(19-5-2)21-15-17-23-22-16-24(17)6-3;/h16H,4-15H2,1-3H3,(H2,19,20,21);1H. The number of hydrogen-bond acceptors (Lipinski definition) is 3. The fraction of sp³-hybridized carbons (Fsp3) is 0.833. The lowest BCUT2D eigenvalue weighted by Crippen LogP contribution is -2.37. The van der Waals surface area contributed by atoms with Crippen LogP contribution in [0.1, 0.15) is 78.0 Å². The Bertz CT molecular complexity index is 447. The summed E-state index contributed by atoms with van der Waals surface area (Å²) in [5.41, 5.74) is 0. The molecule has 0 saturated carbocycles. The number of nitrogens with one attached hydrogen (secondary N) is 2. The quantitative estimate of drug-likeness (QED) is 0.200. The first kappa shape index (κ1) is 24.1. The first-order chi connectivity index (χ1) is 11.8. The molecular weight excluding hydrogens is 427 g/mol. The molecule has 0 fully saturated rings. The van der Waals surface area contributed by atoms with Gasteiger partial charge >= 0.3 is 0 Å². The van der Waals surface area contributed by atoms with E-state index in [-0.39, 0.29) is 24.0 Å². The zero-order valence-electron chi connectivity index (χ0n) is 16.3. The van der Waals surface area contributed by atoms with Crippen LogP contribution < -0.4 is 10.6 Å². The van der Waals surface area contributed by atoms with E-state index < -0.39 is 0 Å². The van der Waals surface area contributed by atoms with E-state index in [1.165, 1.54) is 51.4 Å². The number of rotatable bonds is 13. The molecule has 146 valence electrons. The Labute approximate surface area is 170 Å². The van der Waals surface area contributed by atoms with Crippen molar-refractivity contribution in [2.75, 3.05) is 13.1 Å². The molecule has 7 heteroatoms. The second kappa shape index (κ2) is 16.6. The smallest absolute Gasteiger partial charge is 0.191 e. The molecule has 0 aliphatic carbocycles. The van der Waals surface area contributed by atoms with Crippen LogP contribution in [0.4, 0.5) is 0 Å². The third-order valence-corrected chi connectivity index (χ3v) is 4.08. The first-order valence-corrected chi connectivity index (χ1v) is 9.70. The minimum Gasteiger partial charge on any atom is -0.357 e. The molecule has 6 nitrogen and oxygen atoms in total. The molecule has 0 bridgehead atoms. The Hall–Kier alpha value is -0.860. The van der Waals surface area contributed by atoms with Gasteiger partial charge in [-0.1, -0.05) is 51.9 Å². The first-order valence-electron chi connectivity index (χ1n) is 9.70. The van der Waals surface area contributed by atoms with Gasteiger partial charge in [-0.25, -0.2) is 4.99 Å². The molecule has 0 radical (unpaired) electrons. The van der Waals surface area contributed by atoms with Crippen molar-refractivity contribution in [1.82, 2.24) is 25.4 Å². The van der Waals surface area contributed by atoms with Crippen LogP contribution in [0.15, 0.2) is 11.3 Å². The monoisotopic (exact) mass is 464 g/mol. The van der Waals surface area contributed by atoms with Gasteiger partial charge in [-0.2, -0.15) is 0 Å². The van der Waals surface area contributed by atoms with Crippen LogP contribution in [0.5, 0.6) is 0 Å². The van der Waals surface area contributed by atoms with Crippen molar-refractivity contribution in [2.45, 2.75) is 85.2 Å². The van der Waals surface area contributed by atoms with Gasteiger partial charge in [0.2, 0.25) is 0 Å². The second-order valence-corrected chi connectivity index (χ2v) is 6.13. The van der Waals surface area contributed by atoms with Gasteiger partial charge in [0.15, 0.2) is 11.8 Å².